The standard InChI is InChI=1S/C21H34N6.HI/c1-3-8-17-11-13-18(14-12-17)24-21(22-4-2)23-15-7-10-20-26-25-19-9-5-6-16-27(19)20;/h5-6,9,16-18H,3-4,7-8,10-15H2,1-2H3,(H2,22,23,24);1H. The van der Waals surface area contributed by atoms with Crippen LogP contribution in [0, 0.1) is 5.92 Å². The van der Waals surface area contributed by atoms with Crippen LogP contribution >= 0.6 is 24.0 Å². The average molecular weight is 498 g/mol. The summed E-state index contributed by atoms with van der Waals surface area (Å²) in [7, 11) is 0. The second-order valence-electron chi connectivity index (χ2n) is 7.56. The fourth-order valence-corrected chi connectivity index (χ4v) is 4.01. The van der Waals surface area contributed by atoms with Crippen molar-refractivity contribution in [3.63, 3.8) is 0 Å². The summed E-state index contributed by atoms with van der Waals surface area (Å²) >= 11 is 0. The van der Waals surface area contributed by atoms with Gasteiger partial charge >= 0.3 is 0 Å². The number of rotatable bonds is 8. The van der Waals surface area contributed by atoms with E-state index >= 15 is 0 Å². The zero-order chi connectivity index (χ0) is 18.9. The van der Waals surface area contributed by atoms with Gasteiger partial charge < -0.3 is 10.6 Å². The highest BCUT2D eigenvalue weighted by molar-refractivity contribution is 14.0. The van der Waals surface area contributed by atoms with Crippen molar-refractivity contribution in [2.24, 2.45) is 10.9 Å². The van der Waals surface area contributed by atoms with Crippen molar-refractivity contribution in [1.82, 2.24) is 25.2 Å². The minimum Gasteiger partial charge on any atom is -0.357 e. The van der Waals surface area contributed by atoms with E-state index in [1.807, 2.05) is 24.4 Å². The second-order valence-corrected chi connectivity index (χ2v) is 7.56. The third-order valence-corrected chi connectivity index (χ3v) is 5.44. The Morgan fingerprint density at radius 2 is 2.00 bits per heavy atom. The molecule has 0 amide bonds. The predicted molar refractivity (Wildman–Crippen MR) is 126 cm³/mol. The molecule has 3 rings (SSSR count). The number of nitrogens with zero attached hydrogens (tertiary/aromatic N) is 4. The van der Waals surface area contributed by atoms with Crippen molar-refractivity contribution in [3.05, 3.63) is 30.2 Å². The third kappa shape index (κ3) is 6.60. The molecule has 0 aromatic carbocycles. The van der Waals surface area contributed by atoms with E-state index in [-0.39, 0.29) is 24.0 Å². The second kappa shape index (κ2) is 12.2. The number of nitrogens with one attached hydrogen (secondary N) is 2. The highest BCUT2D eigenvalue weighted by Gasteiger charge is 2.21. The maximum Gasteiger partial charge on any atom is 0.191 e. The molecular weight excluding hydrogens is 463 g/mol. The first-order valence-electron chi connectivity index (χ1n) is 10.6. The van der Waals surface area contributed by atoms with Crippen LogP contribution in [0.2, 0.25) is 0 Å². The molecule has 0 atom stereocenters. The summed E-state index contributed by atoms with van der Waals surface area (Å²) in [6.45, 7) is 6.11. The molecular formula is C21H35IN6. The number of fused-ring (bicyclic) bond motifs is 1. The molecule has 2 heterocycles. The molecule has 2 aromatic heterocycles. The molecule has 1 aliphatic rings. The zero-order valence-electron chi connectivity index (χ0n) is 17.2. The quantitative estimate of drug-likeness (QED) is 0.248. The van der Waals surface area contributed by atoms with Crippen LogP contribution in [0.15, 0.2) is 29.4 Å². The normalized spacial score (nSPS) is 20.0. The fourth-order valence-electron chi connectivity index (χ4n) is 4.01. The number of aryl methyl sites for hydroxylation is 1. The molecule has 2 N–H and O–H groups in total. The lowest BCUT2D eigenvalue weighted by Gasteiger charge is -2.30. The van der Waals surface area contributed by atoms with Gasteiger partial charge in [-0.15, -0.1) is 34.2 Å². The van der Waals surface area contributed by atoms with Gasteiger partial charge in [0.1, 0.15) is 5.82 Å². The molecule has 28 heavy (non-hydrogen) atoms. The summed E-state index contributed by atoms with van der Waals surface area (Å²) in [5.41, 5.74) is 0.907. The minimum atomic E-state index is 0. The lowest BCUT2D eigenvalue weighted by atomic mass is 9.83. The number of aliphatic imine (C=N–C) groups is 1. The molecule has 1 saturated carbocycles. The SMILES string of the molecule is CCCC1CCC(NC(=NCCCc2nnc3ccccn23)NCC)CC1.I. The molecule has 0 spiro atoms. The van der Waals surface area contributed by atoms with Crippen LogP contribution in [-0.4, -0.2) is 39.7 Å². The summed E-state index contributed by atoms with van der Waals surface area (Å²) in [5, 5.41) is 15.6. The van der Waals surface area contributed by atoms with E-state index in [2.05, 4.69) is 39.1 Å². The average Bonchev–Trinajstić information content (AvgIpc) is 3.10. The first-order valence-corrected chi connectivity index (χ1v) is 10.6. The molecule has 0 saturated heterocycles. The van der Waals surface area contributed by atoms with Crippen LogP contribution in [-0.2, 0) is 6.42 Å². The van der Waals surface area contributed by atoms with Crippen LogP contribution in [0.5, 0.6) is 0 Å². The number of guanidine groups is 1. The minimum absolute atomic E-state index is 0. The zero-order valence-corrected chi connectivity index (χ0v) is 19.6. The Morgan fingerprint density at radius 1 is 1.18 bits per heavy atom. The van der Waals surface area contributed by atoms with Gasteiger partial charge in [-0.25, -0.2) is 0 Å². The fraction of sp³-hybridized carbons (Fsp3) is 0.667. The molecule has 156 valence electrons. The van der Waals surface area contributed by atoms with E-state index < -0.39 is 0 Å². The molecule has 0 radical (unpaired) electrons. The lowest BCUT2D eigenvalue weighted by Crippen LogP contribution is -2.45. The van der Waals surface area contributed by atoms with Crippen molar-refractivity contribution >= 4 is 35.6 Å². The Bertz CT molecular complexity index is 721. The summed E-state index contributed by atoms with van der Waals surface area (Å²) in [6.07, 6.45) is 11.8. The van der Waals surface area contributed by atoms with Crippen LogP contribution < -0.4 is 10.6 Å². The van der Waals surface area contributed by atoms with Crippen molar-refractivity contribution in [2.75, 3.05) is 13.1 Å². The van der Waals surface area contributed by atoms with Gasteiger partial charge in [-0.05, 0) is 57.1 Å². The Labute approximate surface area is 186 Å². The van der Waals surface area contributed by atoms with Crippen molar-refractivity contribution in [3.8, 4) is 0 Å². The Morgan fingerprint density at radius 3 is 2.75 bits per heavy atom. The van der Waals surface area contributed by atoms with Crippen LogP contribution in [0.4, 0.5) is 0 Å². The van der Waals surface area contributed by atoms with E-state index in [9.17, 15) is 0 Å². The van der Waals surface area contributed by atoms with Gasteiger partial charge in [0, 0.05) is 31.7 Å². The maximum absolute atomic E-state index is 4.78. The molecule has 1 aliphatic carbocycles. The summed E-state index contributed by atoms with van der Waals surface area (Å²) in [5.74, 6) is 2.90. The molecule has 1 fully saturated rings. The number of aromatic nitrogens is 3. The lowest BCUT2D eigenvalue weighted by molar-refractivity contribution is 0.295. The highest BCUT2D eigenvalue weighted by atomic mass is 127. The Kier molecular flexibility index (Phi) is 10.0. The van der Waals surface area contributed by atoms with Crippen LogP contribution in [0.1, 0.15) is 64.6 Å². The molecule has 7 heteroatoms. The molecule has 2 aromatic rings. The van der Waals surface area contributed by atoms with Gasteiger partial charge in [0.05, 0.1) is 0 Å². The molecule has 0 unspecified atom stereocenters. The van der Waals surface area contributed by atoms with Gasteiger partial charge in [-0.1, -0.05) is 25.8 Å². The van der Waals surface area contributed by atoms with Gasteiger partial charge in [-0.3, -0.25) is 9.39 Å². The van der Waals surface area contributed by atoms with Gasteiger partial charge in [0.25, 0.3) is 0 Å². The summed E-state index contributed by atoms with van der Waals surface area (Å²) in [4.78, 5) is 4.78. The number of hydrogen-bond donors (Lipinski definition) is 2. The number of pyridine rings is 1. The number of hydrogen-bond acceptors (Lipinski definition) is 3. The Balaban J connectivity index is 0.00000280. The molecule has 0 aliphatic heterocycles. The largest absolute Gasteiger partial charge is 0.357 e. The topological polar surface area (TPSA) is 66.6 Å². The summed E-state index contributed by atoms with van der Waals surface area (Å²) in [6, 6.07) is 6.55. The van der Waals surface area contributed by atoms with E-state index in [0.717, 1.165) is 49.3 Å². The number of halogens is 1. The highest BCUT2D eigenvalue weighted by Crippen LogP contribution is 2.27. The van der Waals surface area contributed by atoms with E-state index in [0.29, 0.717) is 6.04 Å². The van der Waals surface area contributed by atoms with Crippen LogP contribution in [0.25, 0.3) is 5.65 Å². The molecule has 0 bridgehead atoms. The monoisotopic (exact) mass is 498 g/mol. The van der Waals surface area contributed by atoms with Gasteiger partial charge in [-0.2, -0.15) is 0 Å². The van der Waals surface area contributed by atoms with E-state index in [1.165, 1.54) is 38.5 Å². The van der Waals surface area contributed by atoms with Crippen molar-refractivity contribution in [2.45, 2.75) is 71.3 Å². The van der Waals surface area contributed by atoms with E-state index in [4.69, 9.17) is 4.99 Å². The maximum atomic E-state index is 4.78. The first kappa shape index (κ1) is 22.9. The molecule has 6 nitrogen and oxygen atoms in total. The first-order chi connectivity index (χ1) is 13.3. The smallest absolute Gasteiger partial charge is 0.191 e. The third-order valence-electron chi connectivity index (χ3n) is 5.44. The van der Waals surface area contributed by atoms with Gasteiger partial charge in [0.15, 0.2) is 11.6 Å². The summed E-state index contributed by atoms with van der Waals surface area (Å²) < 4.78 is 2.06. The van der Waals surface area contributed by atoms with E-state index in [1.54, 1.807) is 0 Å². The van der Waals surface area contributed by atoms with Gasteiger partial charge in [0.2, 0.25) is 0 Å². The van der Waals surface area contributed by atoms with Crippen LogP contribution in [0.3, 0.4) is 0 Å². The Hall–Kier alpha value is -1.38. The van der Waals surface area contributed by atoms with Crippen molar-refractivity contribution in [1.29, 1.82) is 0 Å². The van der Waals surface area contributed by atoms with Crippen molar-refractivity contribution < 1.29 is 0 Å². The predicted octanol–water partition coefficient (Wildman–Crippen LogP) is 4.19.